The highest BCUT2D eigenvalue weighted by Crippen LogP contribution is 2.07. The summed E-state index contributed by atoms with van der Waals surface area (Å²) in [6.45, 7) is -0.898. The van der Waals surface area contributed by atoms with Crippen LogP contribution in [-0.4, -0.2) is 17.9 Å². The topological polar surface area (TPSA) is 66.4 Å². The van der Waals surface area contributed by atoms with E-state index in [1.807, 2.05) is 6.07 Å². The average molecular weight is 193 g/mol. The molecular weight excluding hydrogens is 184 g/mol. The largest absolute Gasteiger partial charge is 0.475 e. The Morgan fingerprint density at radius 3 is 2.50 bits per heavy atom. The fourth-order valence-electron chi connectivity index (χ4n) is 0.929. The summed E-state index contributed by atoms with van der Waals surface area (Å²) < 4.78 is 4.41. The predicted octanol–water partition coefficient (Wildman–Crippen LogP) is 1.52. The zero-order valence-electron chi connectivity index (χ0n) is 7.34. The second-order valence-corrected chi connectivity index (χ2v) is 2.49. The summed E-state index contributed by atoms with van der Waals surface area (Å²) in [5.41, 5.74) is 0.679. The van der Waals surface area contributed by atoms with Crippen molar-refractivity contribution in [3.05, 3.63) is 41.7 Å². The van der Waals surface area contributed by atoms with Crippen molar-refractivity contribution in [2.45, 2.75) is 0 Å². The van der Waals surface area contributed by atoms with Gasteiger partial charge in [0.1, 0.15) is 0 Å². The molecule has 0 fully saturated rings. The Balaban J connectivity index is 2.88. The van der Waals surface area contributed by atoms with Gasteiger partial charge in [0.15, 0.2) is 0 Å². The van der Waals surface area contributed by atoms with Gasteiger partial charge in [0, 0.05) is 0 Å². The van der Waals surface area contributed by atoms with Crippen molar-refractivity contribution >= 4 is 12.0 Å². The lowest BCUT2D eigenvalue weighted by Gasteiger charge is -2.01. The normalized spacial score (nSPS) is 11.1. The summed E-state index contributed by atoms with van der Waals surface area (Å²) in [5.74, 6) is -1.59. The summed E-state index contributed by atoms with van der Waals surface area (Å²) in [4.78, 5) is 10.6. The SMILES string of the molecule is [O]COC(=Cc1ccccc1)C(=O)O. The lowest BCUT2D eigenvalue weighted by Crippen LogP contribution is -2.04. The molecule has 0 heterocycles. The Morgan fingerprint density at radius 1 is 1.36 bits per heavy atom. The highest BCUT2D eigenvalue weighted by atomic mass is 16.6. The minimum atomic E-state index is -1.25. The first-order valence-electron chi connectivity index (χ1n) is 3.95. The molecule has 0 saturated carbocycles. The molecule has 0 spiro atoms. The van der Waals surface area contributed by atoms with Crippen molar-refractivity contribution in [2.75, 3.05) is 6.79 Å². The first kappa shape index (κ1) is 10.3. The Bertz CT molecular complexity index is 329. The summed E-state index contributed by atoms with van der Waals surface area (Å²) >= 11 is 0. The summed E-state index contributed by atoms with van der Waals surface area (Å²) in [6.07, 6.45) is 1.31. The smallest absolute Gasteiger partial charge is 0.371 e. The first-order valence-corrected chi connectivity index (χ1v) is 3.95. The van der Waals surface area contributed by atoms with Crippen molar-refractivity contribution in [1.82, 2.24) is 0 Å². The van der Waals surface area contributed by atoms with E-state index in [1.165, 1.54) is 6.08 Å². The molecule has 0 amide bonds. The molecule has 1 N–H and O–H groups in total. The van der Waals surface area contributed by atoms with E-state index in [1.54, 1.807) is 24.3 Å². The van der Waals surface area contributed by atoms with E-state index in [0.29, 0.717) is 5.56 Å². The zero-order valence-corrected chi connectivity index (χ0v) is 7.34. The Morgan fingerprint density at radius 2 is 2.00 bits per heavy atom. The van der Waals surface area contributed by atoms with Crippen molar-refractivity contribution in [2.24, 2.45) is 0 Å². The minimum absolute atomic E-state index is 0.341. The summed E-state index contributed by atoms with van der Waals surface area (Å²) in [5, 5.41) is 18.7. The van der Waals surface area contributed by atoms with Gasteiger partial charge in [-0.2, -0.15) is 5.11 Å². The van der Waals surface area contributed by atoms with Crippen LogP contribution in [0.5, 0.6) is 0 Å². The van der Waals surface area contributed by atoms with Crippen LogP contribution in [0, 0.1) is 0 Å². The van der Waals surface area contributed by atoms with Crippen molar-refractivity contribution in [3.8, 4) is 0 Å². The summed E-state index contributed by atoms with van der Waals surface area (Å²) in [6, 6.07) is 8.78. The molecule has 73 valence electrons. The van der Waals surface area contributed by atoms with Crippen LogP contribution in [0.25, 0.3) is 6.08 Å². The third-order valence-corrected chi connectivity index (χ3v) is 1.52. The van der Waals surface area contributed by atoms with Crippen molar-refractivity contribution < 1.29 is 19.7 Å². The minimum Gasteiger partial charge on any atom is -0.475 e. The second kappa shape index (κ2) is 5.04. The van der Waals surface area contributed by atoms with E-state index in [4.69, 9.17) is 5.11 Å². The highest BCUT2D eigenvalue weighted by Gasteiger charge is 2.07. The molecule has 4 nitrogen and oxygen atoms in total. The van der Waals surface area contributed by atoms with E-state index in [2.05, 4.69) is 4.74 Å². The van der Waals surface area contributed by atoms with E-state index in [-0.39, 0.29) is 5.76 Å². The van der Waals surface area contributed by atoms with Gasteiger partial charge in [0.2, 0.25) is 12.6 Å². The molecule has 0 aliphatic rings. The molecule has 14 heavy (non-hydrogen) atoms. The highest BCUT2D eigenvalue weighted by molar-refractivity contribution is 5.89. The van der Waals surface area contributed by atoms with Crippen LogP contribution in [0.4, 0.5) is 0 Å². The van der Waals surface area contributed by atoms with Gasteiger partial charge in [-0.3, -0.25) is 0 Å². The van der Waals surface area contributed by atoms with Gasteiger partial charge < -0.3 is 9.84 Å². The molecule has 0 aliphatic carbocycles. The molecule has 1 rings (SSSR count). The van der Waals surface area contributed by atoms with Crippen LogP contribution in [0.2, 0.25) is 0 Å². The molecule has 1 aromatic rings. The van der Waals surface area contributed by atoms with Gasteiger partial charge in [-0.05, 0) is 11.6 Å². The van der Waals surface area contributed by atoms with Crippen LogP contribution in [0.1, 0.15) is 5.56 Å². The standard InChI is InChI=1S/C10H9O4/c11-7-14-9(10(12)13)6-8-4-2-1-3-5-8/h1-6H,7H2,(H,12,13). The maximum absolute atomic E-state index is 10.6. The van der Waals surface area contributed by atoms with Crippen LogP contribution in [0.3, 0.4) is 0 Å². The quantitative estimate of drug-likeness (QED) is 0.447. The van der Waals surface area contributed by atoms with E-state index < -0.39 is 12.8 Å². The predicted molar refractivity (Wildman–Crippen MR) is 48.7 cm³/mol. The fraction of sp³-hybridized carbons (Fsp3) is 0.100. The maximum atomic E-state index is 10.6. The second-order valence-electron chi connectivity index (χ2n) is 2.49. The number of carboxylic acid groups (broad SMARTS) is 1. The van der Waals surface area contributed by atoms with Gasteiger partial charge in [-0.25, -0.2) is 4.79 Å². The molecule has 0 unspecified atom stereocenters. The van der Waals surface area contributed by atoms with Gasteiger partial charge in [0.05, 0.1) is 0 Å². The van der Waals surface area contributed by atoms with E-state index in [0.717, 1.165) is 0 Å². The molecule has 0 atom stereocenters. The fourth-order valence-corrected chi connectivity index (χ4v) is 0.929. The van der Waals surface area contributed by atoms with Gasteiger partial charge >= 0.3 is 5.97 Å². The number of carboxylic acids is 1. The maximum Gasteiger partial charge on any atom is 0.371 e. The Kier molecular flexibility index (Phi) is 3.69. The van der Waals surface area contributed by atoms with E-state index in [9.17, 15) is 9.90 Å². The lowest BCUT2D eigenvalue weighted by molar-refractivity contribution is -0.139. The number of hydrogen-bond acceptors (Lipinski definition) is 2. The third kappa shape index (κ3) is 2.91. The Labute approximate surface area is 81.1 Å². The number of aliphatic carboxylic acids is 1. The van der Waals surface area contributed by atoms with Crippen LogP contribution < -0.4 is 0 Å². The monoisotopic (exact) mass is 193 g/mol. The van der Waals surface area contributed by atoms with E-state index >= 15 is 0 Å². The number of ether oxygens (including phenoxy) is 1. The number of carbonyl (C=O) groups is 1. The van der Waals surface area contributed by atoms with Gasteiger partial charge in [-0.1, -0.05) is 30.3 Å². The van der Waals surface area contributed by atoms with Crippen molar-refractivity contribution in [1.29, 1.82) is 0 Å². The summed E-state index contributed by atoms with van der Waals surface area (Å²) in [7, 11) is 0. The molecule has 0 aliphatic heterocycles. The molecule has 0 aromatic heterocycles. The molecule has 4 heteroatoms. The van der Waals surface area contributed by atoms with Crippen LogP contribution in [-0.2, 0) is 14.6 Å². The third-order valence-electron chi connectivity index (χ3n) is 1.52. The van der Waals surface area contributed by atoms with Gasteiger partial charge in [-0.15, -0.1) is 0 Å². The number of rotatable bonds is 4. The molecule has 1 radical (unpaired) electrons. The Hall–Kier alpha value is -1.81. The average Bonchev–Trinajstić information content (AvgIpc) is 2.18. The number of benzene rings is 1. The van der Waals surface area contributed by atoms with Gasteiger partial charge in [0.25, 0.3) is 0 Å². The zero-order chi connectivity index (χ0) is 10.4. The molecule has 0 bridgehead atoms. The first-order chi connectivity index (χ1) is 6.74. The lowest BCUT2D eigenvalue weighted by atomic mass is 10.2. The molecule has 0 saturated heterocycles. The van der Waals surface area contributed by atoms with Crippen molar-refractivity contribution in [3.63, 3.8) is 0 Å². The van der Waals surface area contributed by atoms with Crippen LogP contribution >= 0.6 is 0 Å². The van der Waals surface area contributed by atoms with Crippen LogP contribution in [0.15, 0.2) is 36.1 Å². The molecular formula is C10H9O4. The number of hydrogen-bond donors (Lipinski definition) is 1. The molecule has 1 aromatic carbocycles.